The molecule has 2 atom stereocenters. The molecular weight excluding hydrogens is 299 g/mol. The van der Waals surface area contributed by atoms with Crippen molar-refractivity contribution in [1.29, 1.82) is 0 Å². The van der Waals surface area contributed by atoms with Gasteiger partial charge in [0.05, 0.1) is 0 Å². The van der Waals surface area contributed by atoms with Gasteiger partial charge in [0.25, 0.3) is 0 Å². The molecule has 23 heavy (non-hydrogen) atoms. The van der Waals surface area contributed by atoms with Gasteiger partial charge in [-0.3, -0.25) is 0 Å². The summed E-state index contributed by atoms with van der Waals surface area (Å²) in [5.74, 6) is 0.372. The lowest BCUT2D eigenvalue weighted by Crippen LogP contribution is -2.39. The van der Waals surface area contributed by atoms with Gasteiger partial charge in [0.1, 0.15) is 17.2 Å². The maximum atomic E-state index is 13.2. The number of nitrogens with one attached hydrogen (secondary N) is 1. The Bertz CT molecular complexity index is 582. The fourth-order valence-electron chi connectivity index (χ4n) is 3.28. The molecule has 1 heterocycles. The number of piperidine rings is 1. The lowest BCUT2D eigenvalue weighted by atomic mass is 10.2. The van der Waals surface area contributed by atoms with E-state index < -0.39 is 11.4 Å². The number of amides is 1. The van der Waals surface area contributed by atoms with Crippen LogP contribution in [0.2, 0.25) is 0 Å². The number of phenolic OH excluding ortho intramolecular Hbond substituents is 1. The van der Waals surface area contributed by atoms with Gasteiger partial charge < -0.3 is 20.1 Å². The molecule has 1 amide bonds. The van der Waals surface area contributed by atoms with Gasteiger partial charge in [-0.1, -0.05) is 0 Å². The van der Waals surface area contributed by atoms with E-state index in [0.717, 1.165) is 11.6 Å². The normalized spacial score (nSPS) is 26.1. The molecular formula is C17H23FN2O3. The number of hydrogen-bond donors (Lipinski definition) is 2. The van der Waals surface area contributed by atoms with Gasteiger partial charge in [-0.15, -0.1) is 0 Å². The van der Waals surface area contributed by atoms with E-state index in [9.17, 15) is 14.3 Å². The first-order valence-electron chi connectivity index (χ1n) is 7.93. The minimum Gasteiger partial charge on any atom is -0.508 e. The zero-order valence-corrected chi connectivity index (χ0v) is 13.7. The number of nitrogens with zero attached hydrogens (tertiary/aromatic N) is 1. The second-order valence-corrected chi connectivity index (χ2v) is 7.44. The van der Waals surface area contributed by atoms with E-state index in [0.29, 0.717) is 37.5 Å². The Morgan fingerprint density at radius 1 is 1.35 bits per heavy atom. The molecule has 2 unspecified atom stereocenters. The van der Waals surface area contributed by atoms with E-state index in [4.69, 9.17) is 4.74 Å². The Morgan fingerprint density at radius 3 is 2.57 bits per heavy atom. The van der Waals surface area contributed by atoms with Gasteiger partial charge in [-0.25, -0.2) is 9.18 Å². The van der Waals surface area contributed by atoms with Crippen molar-refractivity contribution >= 4 is 6.09 Å². The first-order chi connectivity index (χ1) is 10.7. The molecule has 1 aromatic carbocycles. The monoisotopic (exact) mass is 322 g/mol. The summed E-state index contributed by atoms with van der Waals surface area (Å²) < 4.78 is 18.6. The van der Waals surface area contributed by atoms with Gasteiger partial charge in [0.2, 0.25) is 0 Å². The number of phenols is 1. The quantitative estimate of drug-likeness (QED) is 0.897. The van der Waals surface area contributed by atoms with Gasteiger partial charge in [-0.05, 0) is 50.3 Å². The summed E-state index contributed by atoms with van der Waals surface area (Å²) in [6.45, 7) is 7.49. The van der Waals surface area contributed by atoms with E-state index in [2.05, 4.69) is 5.32 Å². The number of carbonyl (C=O) groups is 1. The van der Waals surface area contributed by atoms with E-state index in [-0.39, 0.29) is 11.8 Å². The Labute approximate surface area is 135 Å². The van der Waals surface area contributed by atoms with E-state index in [1.807, 2.05) is 20.8 Å². The Hall–Kier alpha value is -1.82. The summed E-state index contributed by atoms with van der Waals surface area (Å²) >= 11 is 0. The maximum absolute atomic E-state index is 13.2. The lowest BCUT2D eigenvalue weighted by Gasteiger charge is -2.26. The molecule has 1 aliphatic carbocycles. The smallest absolute Gasteiger partial charge is 0.410 e. The van der Waals surface area contributed by atoms with Gasteiger partial charge in [0, 0.05) is 31.7 Å². The van der Waals surface area contributed by atoms with Crippen LogP contribution in [0, 0.1) is 17.7 Å². The third-order valence-corrected chi connectivity index (χ3v) is 4.33. The highest BCUT2D eigenvalue weighted by Crippen LogP contribution is 2.45. The van der Waals surface area contributed by atoms with Crippen LogP contribution in [0.4, 0.5) is 9.18 Å². The molecule has 3 rings (SSSR count). The molecule has 1 saturated carbocycles. The number of ether oxygens (including phenoxy) is 1. The van der Waals surface area contributed by atoms with Crippen LogP contribution < -0.4 is 5.32 Å². The summed E-state index contributed by atoms with van der Waals surface area (Å²) in [6.07, 6.45) is -0.251. The lowest BCUT2D eigenvalue weighted by molar-refractivity contribution is 0.0269. The van der Waals surface area contributed by atoms with Crippen molar-refractivity contribution < 1.29 is 19.0 Å². The molecule has 2 fully saturated rings. The predicted molar refractivity (Wildman–Crippen MR) is 83.5 cm³/mol. The Balaban J connectivity index is 1.46. The zero-order valence-electron chi connectivity index (χ0n) is 13.7. The van der Waals surface area contributed by atoms with E-state index in [1.54, 1.807) is 11.0 Å². The first kappa shape index (κ1) is 16.1. The molecule has 6 heteroatoms. The van der Waals surface area contributed by atoms with Crippen molar-refractivity contribution in [3.63, 3.8) is 0 Å². The van der Waals surface area contributed by atoms with Crippen LogP contribution in [0.5, 0.6) is 5.75 Å². The number of aromatic hydroxyl groups is 1. The number of rotatable bonds is 3. The molecule has 1 aliphatic heterocycles. The van der Waals surface area contributed by atoms with E-state index in [1.165, 1.54) is 6.07 Å². The largest absolute Gasteiger partial charge is 0.508 e. The third-order valence-electron chi connectivity index (χ3n) is 4.33. The molecule has 5 nitrogen and oxygen atoms in total. The van der Waals surface area contributed by atoms with Crippen LogP contribution in [-0.4, -0.2) is 40.8 Å². The van der Waals surface area contributed by atoms with Crippen LogP contribution in [0.1, 0.15) is 26.3 Å². The Kier molecular flexibility index (Phi) is 3.96. The second kappa shape index (κ2) is 5.67. The van der Waals surface area contributed by atoms with Gasteiger partial charge in [0.15, 0.2) is 0 Å². The summed E-state index contributed by atoms with van der Waals surface area (Å²) in [7, 11) is 0. The van der Waals surface area contributed by atoms with Crippen LogP contribution in [0.25, 0.3) is 0 Å². The molecule has 126 valence electrons. The standard InChI is InChI=1S/C17H23FN2O3/c1-17(2,3)23-16(22)20-8-13-14(9-20)15(13)19-7-10-4-11(18)6-12(21)5-10/h4-6,13-15,19,21H,7-9H2,1-3H3. The average Bonchev–Trinajstić information content (AvgIpc) is 2.85. The highest BCUT2D eigenvalue weighted by Gasteiger charge is 2.56. The number of halogens is 1. The van der Waals surface area contributed by atoms with Crippen LogP contribution in [-0.2, 0) is 11.3 Å². The summed E-state index contributed by atoms with van der Waals surface area (Å²) in [4.78, 5) is 13.8. The zero-order chi connectivity index (χ0) is 16.8. The van der Waals surface area contributed by atoms with Crippen LogP contribution >= 0.6 is 0 Å². The fourth-order valence-corrected chi connectivity index (χ4v) is 3.28. The molecule has 1 saturated heterocycles. The highest BCUT2D eigenvalue weighted by atomic mass is 19.1. The van der Waals surface area contributed by atoms with Gasteiger partial charge >= 0.3 is 6.09 Å². The van der Waals surface area contributed by atoms with Crippen molar-refractivity contribution in [2.45, 2.75) is 39.0 Å². The highest BCUT2D eigenvalue weighted by molar-refractivity contribution is 5.69. The first-order valence-corrected chi connectivity index (χ1v) is 7.93. The maximum Gasteiger partial charge on any atom is 0.410 e. The predicted octanol–water partition coefficient (Wildman–Crippen LogP) is 2.49. The van der Waals surface area contributed by atoms with Gasteiger partial charge in [-0.2, -0.15) is 0 Å². The molecule has 0 aromatic heterocycles. The van der Waals surface area contributed by atoms with Crippen molar-refractivity contribution in [2.24, 2.45) is 11.8 Å². The summed E-state index contributed by atoms with van der Waals surface area (Å²) in [5, 5.41) is 12.8. The number of likely N-dealkylation sites (tertiary alicyclic amines) is 1. The third kappa shape index (κ3) is 3.75. The van der Waals surface area contributed by atoms with Crippen molar-refractivity contribution in [2.75, 3.05) is 13.1 Å². The number of carbonyl (C=O) groups excluding carboxylic acids is 1. The molecule has 2 aliphatic rings. The number of fused-ring (bicyclic) bond motifs is 1. The average molecular weight is 322 g/mol. The fraction of sp³-hybridized carbons (Fsp3) is 0.588. The minimum atomic E-state index is -0.471. The topological polar surface area (TPSA) is 61.8 Å². The summed E-state index contributed by atoms with van der Waals surface area (Å²) in [5.41, 5.74) is 0.248. The molecule has 0 bridgehead atoms. The Morgan fingerprint density at radius 2 is 2.00 bits per heavy atom. The molecule has 0 spiro atoms. The molecule has 0 radical (unpaired) electrons. The van der Waals surface area contributed by atoms with Crippen LogP contribution in [0.15, 0.2) is 18.2 Å². The molecule has 2 N–H and O–H groups in total. The number of benzene rings is 1. The SMILES string of the molecule is CC(C)(C)OC(=O)N1CC2C(C1)C2NCc1cc(O)cc(F)c1. The van der Waals surface area contributed by atoms with Crippen molar-refractivity contribution in [3.05, 3.63) is 29.6 Å². The minimum absolute atomic E-state index is 0.0612. The van der Waals surface area contributed by atoms with Crippen molar-refractivity contribution in [1.82, 2.24) is 10.2 Å². The van der Waals surface area contributed by atoms with Crippen molar-refractivity contribution in [3.8, 4) is 5.75 Å². The van der Waals surface area contributed by atoms with E-state index >= 15 is 0 Å². The summed E-state index contributed by atoms with van der Waals surface area (Å²) in [6, 6.07) is 4.41. The second-order valence-electron chi connectivity index (χ2n) is 7.44. The van der Waals surface area contributed by atoms with Crippen LogP contribution in [0.3, 0.4) is 0 Å². The molecule has 1 aromatic rings. The number of hydrogen-bond acceptors (Lipinski definition) is 4.